The summed E-state index contributed by atoms with van der Waals surface area (Å²) in [5.41, 5.74) is 0. The normalized spacial score (nSPS) is 18.9. The summed E-state index contributed by atoms with van der Waals surface area (Å²) in [6.07, 6.45) is 1.87. The molecule has 2 amide bonds. The molecule has 0 saturated carbocycles. The zero-order valence-corrected chi connectivity index (χ0v) is 12.8. The summed E-state index contributed by atoms with van der Waals surface area (Å²) in [4.78, 5) is 26.5. The molecule has 0 bridgehead atoms. The lowest BCUT2D eigenvalue weighted by Crippen LogP contribution is -2.40. The summed E-state index contributed by atoms with van der Waals surface area (Å²) in [6.45, 7) is 7.13. The second kappa shape index (κ2) is 8.09. The van der Waals surface area contributed by atoms with Crippen LogP contribution in [0.2, 0.25) is 0 Å². The van der Waals surface area contributed by atoms with E-state index in [1.54, 1.807) is 4.90 Å². The summed E-state index contributed by atoms with van der Waals surface area (Å²) in [5.74, 6) is -0.681. The van der Waals surface area contributed by atoms with Crippen LogP contribution < -0.4 is 5.32 Å². The first-order valence-electron chi connectivity index (χ1n) is 7.35. The third-order valence-electron chi connectivity index (χ3n) is 3.88. The Bertz CT molecular complexity index is 334. The topological polar surface area (TPSA) is 72.9 Å². The number of carbonyl (C=O) groups excluding carboxylic acids is 1. The van der Waals surface area contributed by atoms with Crippen molar-refractivity contribution in [3.05, 3.63) is 0 Å². The molecular weight excluding hydrogens is 258 g/mol. The van der Waals surface area contributed by atoms with Gasteiger partial charge < -0.3 is 20.2 Å². The summed E-state index contributed by atoms with van der Waals surface area (Å²) in [5, 5.41) is 11.7. The van der Waals surface area contributed by atoms with E-state index >= 15 is 0 Å². The van der Waals surface area contributed by atoms with Crippen molar-refractivity contribution in [2.75, 3.05) is 33.2 Å². The van der Waals surface area contributed by atoms with Gasteiger partial charge in [0, 0.05) is 32.1 Å². The van der Waals surface area contributed by atoms with E-state index in [1.165, 1.54) is 0 Å². The minimum Gasteiger partial charge on any atom is -0.481 e. The van der Waals surface area contributed by atoms with E-state index in [0.717, 1.165) is 19.4 Å². The van der Waals surface area contributed by atoms with Gasteiger partial charge in [0.1, 0.15) is 0 Å². The number of hydrogen-bond acceptors (Lipinski definition) is 3. The van der Waals surface area contributed by atoms with Crippen LogP contribution in [0.25, 0.3) is 0 Å². The van der Waals surface area contributed by atoms with Gasteiger partial charge >= 0.3 is 12.0 Å². The highest BCUT2D eigenvalue weighted by atomic mass is 16.4. The second-order valence-electron chi connectivity index (χ2n) is 5.86. The monoisotopic (exact) mass is 285 g/mol. The van der Waals surface area contributed by atoms with E-state index in [-0.39, 0.29) is 18.4 Å². The molecule has 0 spiro atoms. The second-order valence-corrected chi connectivity index (χ2v) is 5.86. The molecule has 1 heterocycles. The number of hydrogen-bond donors (Lipinski definition) is 2. The average molecular weight is 285 g/mol. The van der Waals surface area contributed by atoms with Crippen LogP contribution in [-0.2, 0) is 4.79 Å². The van der Waals surface area contributed by atoms with Crippen LogP contribution in [-0.4, -0.2) is 66.2 Å². The maximum absolute atomic E-state index is 11.9. The summed E-state index contributed by atoms with van der Waals surface area (Å²) >= 11 is 0. The zero-order valence-electron chi connectivity index (χ0n) is 12.8. The Hall–Kier alpha value is -1.30. The molecule has 1 fully saturated rings. The molecule has 116 valence electrons. The third kappa shape index (κ3) is 5.77. The number of carboxylic acid groups (broad SMARTS) is 1. The van der Waals surface area contributed by atoms with E-state index in [4.69, 9.17) is 5.11 Å². The molecule has 1 rings (SSSR count). The lowest BCUT2D eigenvalue weighted by molar-refractivity contribution is -0.138. The SMILES string of the molecule is CC(C)N(C)CCCNC(=O)N1CCC(CC(=O)O)C1. The Morgan fingerprint density at radius 2 is 2.15 bits per heavy atom. The van der Waals surface area contributed by atoms with Crippen LogP contribution in [0.15, 0.2) is 0 Å². The van der Waals surface area contributed by atoms with Crippen molar-refractivity contribution in [2.45, 2.75) is 39.2 Å². The minimum absolute atomic E-state index is 0.0647. The van der Waals surface area contributed by atoms with Crippen LogP contribution >= 0.6 is 0 Å². The molecule has 1 aliphatic rings. The van der Waals surface area contributed by atoms with Gasteiger partial charge in [-0.2, -0.15) is 0 Å². The Labute approximate surface area is 121 Å². The van der Waals surface area contributed by atoms with Crippen molar-refractivity contribution >= 4 is 12.0 Å². The quantitative estimate of drug-likeness (QED) is 0.690. The van der Waals surface area contributed by atoms with Crippen LogP contribution in [0.1, 0.15) is 33.1 Å². The standard InChI is InChI=1S/C14H27N3O3/c1-11(2)16(3)7-4-6-15-14(20)17-8-5-12(10-17)9-13(18)19/h11-12H,4-10H2,1-3H3,(H,15,20)(H,18,19). The molecule has 2 N–H and O–H groups in total. The highest BCUT2D eigenvalue weighted by Gasteiger charge is 2.27. The van der Waals surface area contributed by atoms with Gasteiger partial charge in [-0.15, -0.1) is 0 Å². The van der Waals surface area contributed by atoms with Gasteiger partial charge in [-0.1, -0.05) is 0 Å². The maximum Gasteiger partial charge on any atom is 0.317 e. The fourth-order valence-electron chi connectivity index (χ4n) is 2.32. The predicted octanol–water partition coefficient (Wildman–Crippen LogP) is 1.22. The van der Waals surface area contributed by atoms with E-state index in [9.17, 15) is 9.59 Å². The Morgan fingerprint density at radius 3 is 2.75 bits per heavy atom. The Balaban J connectivity index is 2.16. The minimum atomic E-state index is -0.783. The van der Waals surface area contributed by atoms with E-state index in [1.807, 2.05) is 0 Å². The number of likely N-dealkylation sites (tertiary alicyclic amines) is 1. The summed E-state index contributed by atoms with van der Waals surface area (Å²) < 4.78 is 0. The highest BCUT2D eigenvalue weighted by Crippen LogP contribution is 2.19. The van der Waals surface area contributed by atoms with Crippen LogP contribution in [0, 0.1) is 5.92 Å². The molecule has 1 aliphatic heterocycles. The number of carboxylic acids is 1. The third-order valence-corrected chi connectivity index (χ3v) is 3.88. The summed E-state index contributed by atoms with van der Waals surface area (Å²) in [7, 11) is 2.07. The van der Waals surface area contributed by atoms with Gasteiger partial charge in [-0.05, 0) is 46.2 Å². The van der Waals surface area contributed by atoms with Gasteiger partial charge in [-0.25, -0.2) is 4.79 Å². The molecular formula is C14H27N3O3. The van der Waals surface area contributed by atoms with Crippen molar-refractivity contribution in [1.82, 2.24) is 15.1 Å². The van der Waals surface area contributed by atoms with Crippen molar-refractivity contribution in [3.8, 4) is 0 Å². The number of carbonyl (C=O) groups is 2. The van der Waals surface area contributed by atoms with Crippen LogP contribution in [0.4, 0.5) is 4.79 Å². The van der Waals surface area contributed by atoms with E-state index in [2.05, 4.69) is 31.1 Å². The van der Waals surface area contributed by atoms with Crippen LogP contribution in [0.5, 0.6) is 0 Å². The fraction of sp³-hybridized carbons (Fsp3) is 0.857. The van der Waals surface area contributed by atoms with Crippen LogP contribution in [0.3, 0.4) is 0 Å². The number of aliphatic carboxylic acids is 1. The lowest BCUT2D eigenvalue weighted by atomic mass is 10.1. The molecule has 1 saturated heterocycles. The van der Waals surface area contributed by atoms with Gasteiger partial charge in [0.25, 0.3) is 0 Å². The summed E-state index contributed by atoms with van der Waals surface area (Å²) in [6, 6.07) is 0.450. The molecule has 0 aromatic heterocycles. The highest BCUT2D eigenvalue weighted by molar-refractivity contribution is 5.74. The zero-order chi connectivity index (χ0) is 15.1. The molecule has 6 heteroatoms. The predicted molar refractivity (Wildman–Crippen MR) is 77.7 cm³/mol. The number of nitrogens with zero attached hydrogens (tertiary/aromatic N) is 2. The molecule has 0 aromatic rings. The molecule has 0 aliphatic carbocycles. The lowest BCUT2D eigenvalue weighted by Gasteiger charge is -2.21. The van der Waals surface area contributed by atoms with Gasteiger partial charge in [0.05, 0.1) is 0 Å². The van der Waals surface area contributed by atoms with Gasteiger partial charge in [0.2, 0.25) is 0 Å². The van der Waals surface area contributed by atoms with Gasteiger partial charge in [0.15, 0.2) is 0 Å². The van der Waals surface area contributed by atoms with Crippen molar-refractivity contribution in [3.63, 3.8) is 0 Å². The Kier molecular flexibility index (Phi) is 6.78. The molecule has 0 radical (unpaired) electrons. The molecule has 20 heavy (non-hydrogen) atoms. The van der Waals surface area contributed by atoms with E-state index < -0.39 is 5.97 Å². The van der Waals surface area contributed by atoms with Crippen molar-refractivity contribution in [2.24, 2.45) is 5.92 Å². The molecule has 1 atom stereocenters. The molecule has 6 nitrogen and oxygen atoms in total. The largest absolute Gasteiger partial charge is 0.481 e. The molecule has 0 aromatic carbocycles. The first kappa shape index (κ1) is 16.8. The average Bonchev–Trinajstić information content (AvgIpc) is 2.81. The number of rotatable bonds is 7. The first-order valence-corrected chi connectivity index (χ1v) is 7.35. The van der Waals surface area contributed by atoms with Gasteiger partial charge in [-0.3, -0.25) is 4.79 Å². The van der Waals surface area contributed by atoms with Crippen molar-refractivity contribution in [1.29, 1.82) is 0 Å². The Morgan fingerprint density at radius 1 is 1.45 bits per heavy atom. The van der Waals surface area contributed by atoms with Crippen molar-refractivity contribution < 1.29 is 14.7 Å². The maximum atomic E-state index is 11.9. The fourth-order valence-corrected chi connectivity index (χ4v) is 2.32. The molecule has 1 unspecified atom stereocenters. The van der Waals surface area contributed by atoms with E-state index in [0.29, 0.717) is 25.7 Å². The number of nitrogens with one attached hydrogen (secondary N) is 1. The number of amides is 2. The smallest absolute Gasteiger partial charge is 0.317 e. The first-order chi connectivity index (χ1) is 9.40. The number of urea groups is 1.